The number of halogens is 1. The van der Waals surface area contributed by atoms with Gasteiger partial charge in [-0.2, -0.15) is 0 Å². The van der Waals surface area contributed by atoms with Crippen LogP contribution in [0.2, 0.25) is 5.02 Å². The second-order valence-corrected chi connectivity index (χ2v) is 6.49. The SMILES string of the molecule is CC(C)n1c(=Nc2ccc(Cl)cc2)sc2ncccc2c1=O. The number of rotatable bonds is 2. The van der Waals surface area contributed by atoms with E-state index in [0.717, 1.165) is 5.69 Å². The van der Waals surface area contributed by atoms with Crippen LogP contribution in [-0.2, 0) is 0 Å². The average Bonchev–Trinajstić information content (AvgIpc) is 2.49. The van der Waals surface area contributed by atoms with Crippen LogP contribution in [0.25, 0.3) is 10.2 Å². The van der Waals surface area contributed by atoms with E-state index >= 15 is 0 Å². The molecule has 22 heavy (non-hydrogen) atoms. The number of hydrogen-bond donors (Lipinski definition) is 0. The second-order valence-electron chi connectivity index (χ2n) is 5.10. The molecule has 1 aromatic carbocycles. The van der Waals surface area contributed by atoms with Gasteiger partial charge in [0.2, 0.25) is 0 Å². The van der Waals surface area contributed by atoms with Crippen molar-refractivity contribution < 1.29 is 0 Å². The van der Waals surface area contributed by atoms with Crippen molar-refractivity contribution in [2.45, 2.75) is 19.9 Å². The molecule has 0 N–H and O–H groups in total. The highest BCUT2D eigenvalue weighted by molar-refractivity contribution is 7.15. The number of hydrogen-bond acceptors (Lipinski definition) is 4. The van der Waals surface area contributed by atoms with Crippen LogP contribution in [0.5, 0.6) is 0 Å². The monoisotopic (exact) mass is 331 g/mol. The highest BCUT2D eigenvalue weighted by atomic mass is 35.5. The van der Waals surface area contributed by atoms with Gasteiger partial charge in [-0.15, -0.1) is 0 Å². The molecule has 0 saturated carbocycles. The summed E-state index contributed by atoms with van der Waals surface area (Å²) < 4.78 is 1.70. The molecule has 6 heteroatoms. The maximum absolute atomic E-state index is 12.7. The minimum absolute atomic E-state index is 0.0133. The predicted octanol–water partition coefficient (Wildman–Crippen LogP) is 3.92. The Morgan fingerprint density at radius 2 is 1.95 bits per heavy atom. The second kappa shape index (κ2) is 6.02. The fourth-order valence-corrected chi connectivity index (χ4v) is 3.37. The van der Waals surface area contributed by atoms with Crippen molar-refractivity contribution >= 4 is 38.8 Å². The summed E-state index contributed by atoms with van der Waals surface area (Å²) in [6, 6.07) is 10.8. The molecule has 0 aliphatic carbocycles. The maximum Gasteiger partial charge on any atom is 0.263 e. The van der Waals surface area contributed by atoms with E-state index in [2.05, 4.69) is 9.98 Å². The minimum Gasteiger partial charge on any atom is -0.281 e. The first-order chi connectivity index (χ1) is 10.6. The zero-order valence-corrected chi connectivity index (χ0v) is 13.7. The summed E-state index contributed by atoms with van der Waals surface area (Å²) in [6.45, 7) is 3.94. The van der Waals surface area contributed by atoms with E-state index in [1.165, 1.54) is 11.3 Å². The van der Waals surface area contributed by atoms with Crippen LogP contribution in [0.1, 0.15) is 19.9 Å². The molecule has 2 heterocycles. The standard InChI is InChI=1S/C16H14ClN3OS/c1-10(2)20-15(21)13-4-3-9-18-14(13)22-16(20)19-12-7-5-11(17)6-8-12/h3-10H,1-2H3. The molecule has 0 bridgehead atoms. The first-order valence-corrected chi connectivity index (χ1v) is 8.06. The van der Waals surface area contributed by atoms with Crippen molar-refractivity contribution in [2.24, 2.45) is 4.99 Å². The Hall–Kier alpha value is -1.98. The average molecular weight is 332 g/mol. The topological polar surface area (TPSA) is 47.2 Å². The molecule has 0 unspecified atom stereocenters. The van der Waals surface area contributed by atoms with Crippen molar-refractivity contribution in [3.05, 3.63) is 62.8 Å². The molecule has 2 aromatic heterocycles. The van der Waals surface area contributed by atoms with Gasteiger partial charge in [0.05, 0.1) is 11.1 Å². The van der Waals surface area contributed by atoms with Gasteiger partial charge in [-0.25, -0.2) is 9.98 Å². The quantitative estimate of drug-likeness (QED) is 0.714. The number of nitrogens with zero attached hydrogens (tertiary/aromatic N) is 3. The van der Waals surface area contributed by atoms with Crippen LogP contribution in [0.15, 0.2) is 52.4 Å². The summed E-state index contributed by atoms with van der Waals surface area (Å²) in [7, 11) is 0. The van der Waals surface area contributed by atoms with E-state index < -0.39 is 0 Å². The minimum atomic E-state index is -0.0652. The number of fused-ring (bicyclic) bond motifs is 1. The van der Waals surface area contributed by atoms with Gasteiger partial charge in [-0.05, 0) is 50.2 Å². The largest absolute Gasteiger partial charge is 0.281 e. The third-order valence-corrected chi connectivity index (χ3v) is 4.42. The molecule has 4 nitrogen and oxygen atoms in total. The third-order valence-electron chi connectivity index (χ3n) is 3.18. The lowest BCUT2D eigenvalue weighted by molar-refractivity contribution is 0.566. The highest BCUT2D eigenvalue weighted by Crippen LogP contribution is 2.17. The van der Waals surface area contributed by atoms with Crippen LogP contribution < -0.4 is 10.4 Å². The zero-order chi connectivity index (χ0) is 15.7. The summed E-state index contributed by atoms with van der Waals surface area (Å²) in [6.07, 6.45) is 1.68. The van der Waals surface area contributed by atoms with Gasteiger partial charge in [-0.1, -0.05) is 22.9 Å². The predicted molar refractivity (Wildman–Crippen MR) is 90.9 cm³/mol. The molecular formula is C16H14ClN3OS. The lowest BCUT2D eigenvalue weighted by Gasteiger charge is -2.10. The third kappa shape index (κ3) is 2.82. The van der Waals surface area contributed by atoms with Crippen LogP contribution in [0.4, 0.5) is 5.69 Å². The van der Waals surface area contributed by atoms with E-state index in [1.807, 2.05) is 26.0 Å². The van der Waals surface area contributed by atoms with Gasteiger partial charge in [0.25, 0.3) is 5.56 Å². The Kier molecular flexibility index (Phi) is 4.09. The number of aromatic nitrogens is 2. The summed E-state index contributed by atoms with van der Waals surface area (Å²) in [5.41, 5.74) is 0.689. The van der Waals surface area contributed by atoms with Crippen LogP contribution >= 0.6 is 22.9 Å². The molecule has 0 spiro atoms. The molecule has 0 aliphatic rings. The zero-order valence-electron chi connectivity index (χ0n) is 12.2. The fourth-order valence-electron chi connectivity index (χ4n) is 2.15. The van der Waals surface area contributed by atoms with Crippen LogP contribution in [0, 0.1) is 0 Å². The number of benzene rings is 1. The van der Waals surface area contributed by atoms with E-state index in [0.29, 0.717) is 20.0 Å². The molecule has 0 aliphatic heterocycles. The first-order valence-electron chi connectivity index (χ1n) is 6.87. The Morgan fingerprint density at radius 1 is 1.23 bits per heavy atom. The molecule has 112 valence electrons. The Morgan fingerprint density at radius 3 is 2.64 bits per heavy atom. The van der Waals surface area contributed by atoms with Crippen molar-refractivity contribution in [3.8, 4) is 0 Å². The summed E-state index contributed by atoms with van der Waals surface area (Å²) in [4.78, 5) is 22.9. The van der Waals surface area contributed by atoms with E-state index in [4.69, 9.17) is 11.6 Å². The molecule has 0 radical (unpaired) electrons. The lowest BCUT2D eigenvalue weighted by atomic mass is 10.3. The van der Waals surface area contributed by atoms with Gasteiger partial charge in [0, 0.05) is 17.3 Å². The molecule has 0 amide bonds. The van der Waals surface area contributed by atoms with Crippen molar-refractivity contribution in [2.75, 3.05) is 0 Å². The van der Waals surface area contributed by atoms with Crippen molar-refractivity contribution in [1.29, 1.82) is 0 Å². The highest BCUT2D eigenvalue weighted by Gasteiger charge is 2.10. The van der Waals surface area contributed by atoms with Gasteiger partial charge in [-0.3, -0.25) is 9.36 Å². The lowest BCUT2D eigenvalue weighted by Crippen LogP contribution is -2.33. The molecular weight excluding hydrogens is 318 g/mol. The fraction of sp³-hybridized carbons (Fsp3) is 0.188. The number of pyridine rings is 1. The first kappa shape index (κ1) is 14.9. The van der Waals surface area contributed by atoms with E-state index in [9.17, 15) is 4.79 Å². The Labute approximate surface area is 136 Å². The molecule has 0 fully saturated rings. The summed E-state index contributed by atoms with van der Waals surface area (Å²) >= 11 is 7.30. The van der Waals surface area contributed by atoms with Gasteiger partial charge >= 0.3 is 0 Å². The molecule has 0 atom stereocenters. The van der Waals surface area contributed by atoms with Crippen LogP contribution in [-0.4, -0.2) is 9.55 Å². The van der Waals surface area contributed by atoms with Gasteiger partial charge in [0.1, 0.15) is 4.83 Å². The normalized spacial score (nSPS) is 12.3. The summed E-state index contributed by atoms with van der Waals surface area (Å²) in [5, 5.41) is 1.28. The van der Waals surface area contributed by atoms with Crippen LogP contribution in [0.3, 0.4) is 0 Å². The molecule has 3 rings (SSSR count). The van der Waals surface area contributed by atoms with Gasteiger partial charge < -0.3 is 0 Å². The van der Waals surface area contributed by atoms with Crippen molar-refractivity contribution in [1.82, 2.24) is 9.55 Å². The summed E-state index contributed by atoms with van der Waals surface area (Å²) in [5.74, 6) is 0. The smallest absolute Gasteiger partial charge is 0.263 e. The molecule has 3 aromatic rings. The Balaban J connectivity index is 2.34. The maximum atomic E-state index is 12.7. The van der Waals surface area contributed by atoms with E-state index in [1.54, 1.807) is 35.0 Å². The van der Waals surface area contributed by atoms with Crippen molar-refractivity contribution in [3.63, 3.8) is 0 Å². The Bertz CT molecular complexity index is 942. The van der Waals surface area contributed by atoms with Gasteiger partial charge in [0.15, 0.2) is 4.80 Å². The van der Waals surface area contributed by atoms with E-state index in [-0.39, 0.29) is 11.6 Å². The molecule has 0 saturated heterocycles.